The van der Waals surface area contributed by atoms with E-state index in [0.717, 1.165) is 12.3 Å². The van der Waals surface area contributed by atoms with Gasteiger partial charge in [0.15, 0.2) is 23.8 Å². The van der Waals surface area contributed by atoms with Gasteiger partial charge in [-0.25, -0.2) is 19.9 Å². The SMILES string of the molecule is CCNC(=O)[C@H]1O[C@@H](n2cnc3c(N)nc(C#CCN(C)C(=O)c4ccc(F)nc4)nc32)C(O)[C@@H]1O. The van der Waals surface area contributed by atoms with E-state index in [2.05, 4.69) is 37.1 Å². The Bertz CT molecular complexity index is 1350. The minimum Gasteiger partial charge on any atom is -0.387 e. The van der Waals surface area contributed by atoms with Crippen molar-refractivity contribution in [2.24, 2.45) is 0 Å². The average molecular weight is 498 g/mol. The van der Waals surface area contributed by atoms with Gasteiger partial charge < -0.3 is 30.9 Å². The average Bonchev–Trinajstić information content (AvgIpc) is 3.40. The van der Waals surface area contributed by atoms with E-state index in [9.17, 15) is 24.2 Å². The number of ether oxygens (including phenoxy) is 1. The van der Waals surface area contributed by atoms with Gasteiger partial charge in [-0.3, -0.25) is 14.2 Å². The quantitative estimate of drug-likeness (QED) is 0.247. The number of hydrogen-bond donors (Lipinski definition) is 4. The zero-order valence-corrected chi connectivity index (χ0v) is 19.3. The van der Waals surface area contributed by atoms with Crippen molar-refractivity contribution in [3.8, 4) is 11.8 Å². The molecule has 1 aliphatic heterocycles. The zero-order valence-electron chi connectivity index (χ0n) is 19.3. The predicted octanol–water partition coefficient (Wildman–Crippen LogP) is -1.18. The van der Waals surface area contributed by atoms with Crippen molar-refractivity contribution in [3.05, 3.63) is 42.0 Å². The number of carbonyl (C=O) groups excluding carboxylic acids is 2. The number of amides is 2. The van der Waals surface area contributed by atoms with E-state index in [0.29, 0.717) is 6.54 Å². The lowest BCUT2D eigenvalue weighted by Crippen LogP contribution is -2.42. The first-order chi connectivity index (χ1) is 17.2. The summed E-state index contributed by atoms with van der Waals surface area (Å²) < 4.78 is 19.9. The van der Waals surface area contributed by atoms with Crippen LogP contribution in [0.2, 0.25) is 0 Å². The van der Waals surface area contributed by atoms with Gasteiger partial charge in [-0.2, -0.15) is 4.39 Å². The molecule has 3 aromatic heterocycles. The van der Waals surface area contributed by atoms with Crippen LogP contribution in [0.25, 0.3) is 11.2 Å². The molecule has 2 amide bonds. The molecule has 0 saturated carbocycles. The smallest absolute Gasteiger partial charge is 0.255 e. The molecule has 1 fully saturated rings. The van der Waals surface area contributed by atoms with Crippen LogP contribution in [0.5, 0.6) is 0 Å². The summed E-state index contributed by atoms with van der Waals surface area (Å²) in [7, 11) is 1.52. The fourth-order valence-electron chi connectivity index (χ4n) is 3.59. The van der Waals surface area contributed by atoms with Crippen molar-refractivity contribution in [3.63, 3.8) is 0 Å². The van der Waals surface area contributed by atoms with Crippen LogP contribution in [0.4, 0.5) is 10.2 Å². The van der Waals surface area contributed by atoms with Gasteiger partial charge in [-0.05, 0) is 25.0 Å². The monoisotopic (exact) mass is 498 g/mol. The molecule has 0 bridgehead atoms. The highest BCUT2D eigenvalue weighted by Gasteiger charge is 2.47. The van der Waals surface area contributed by atoms with E-state index >= 15 is 0 Å². The normalized spacial score (nSPS) is 21.1. The third-order valence-corrected chi connectivity index (χ3v) is 5.41. The molecule has 188 valence electrons. The Morgan fingerprint density at radius 1 is 1.28 bits per heavy atom. The second-order valence-electron chi connectivity index (χ2n) is 7.91. The molecule has 3 aromatic rings. The van der Waals surface area contributed by atoms with Crippen LogP contribution in [-0.4, -0.2) is 89.9 Å². The lowest BCUT2D eigenvalue weighted by molar-refractivity contribution is -0.137. The first-order valence-electron chi connectivity index (χ1n) is 10.9. The highest BCUT2D eigenvalue weighted by molar-refractivity contribution is 5.93. The molecular formula is C22H23FN8O5. The molecule has 36 heavy (non-hydrogen) atoms. The number of likely N-dealkylation sites (N-methyl/N-ethyl adjacent to an activating group) is 1. The number of nitrogens with one attached hydrogen (secondary N) is 1. The van der Waals surface area contributed by atoms with Crippen molar-refractivity contribution in [2.75, 3.05) is 25.9 Å². The number of anilines is 1. The fraction of sp³-hybridized carbons (Fsp3) is 0.364. The summed E-state index contributed by atoms with van der Waals surface area (Å²) >= 11 is 0. The molecule has 5 N–H and O–H groups in total. The molecule has 0 spiro atoms. The van der Waals surface area contributed by atoms with Crippen LogP contribution in [0.3, 0.4) is 0 Å². The second kappa shape index (κ2) is 10.2. The maximum atomic E-state index is 13.0. The van der Waals surface area contributed by atoms with Crippen LogP contribution >= 0.6 is 0 Å². The Morgan fingerprint density at radius 3 is 2.75 bits per heavy atom. The van der Waals surface area contributed by atoms with Gasteiger partial charge in [0.25, 0.3) is 11.8 Å². The third kappa shape index (κ3) is 4.80. The molecule has 1 aliphatic rings. The molecule has 1 unspecified atom stereocenters. The maximum absolute atomic E-state index is 13.0. The van der Waals surface area contributed by atoms with E-state index < -0.39 is 42.3 Å². The topological polar surface area (TPSA) is 182 Å². The second-order valence-corrected chi connectivity index (χ2v) is 7.91. The number of aliphatic hydroxyl groups is 2. The maximum Gasteiger partial charge on any atom is 0.255 e. The highest BCUT2D eigenvalue weighted by atomic mass is 19.1. The predicted molar refractivity (Wildman–Crippen MR) is 122 cm³/mol. The summed E-state index contributed by atoms with van der Waals surface area (Å²) in [6, 6.07) is 2.41. The van der Waals surface area contributed by atoms with Gasteiger partial charge in [-0.15, -0.1) is 0 Å². The van der Waals surface area contributed by atoms with Gasteiger partial charge in [0.1, 0.15) is 17.7 Å². The van der Waals surface area contributed by atoms with E-state index in [1.54, 1.807) is 6.92 Å². The molecule has 4 rings (SSSR count). The molecule has 0 radical (unpaired) electrons. The Hall–Kier alpha value is -4.19. The highest BCUT2D eigenvalue weighted by Crippen LogP contribution is 2.32. The van der Waals surface area contributed by atoms with Crippen molar-refractivity contribution in [1.82, 2.24) is 34.7 Å². The number of pyridine rings is 1. The molecule has 4 atom stereocenters. The Labute approximate surface area is 204 Å². The number of carbonyl (C=O) groups is 2. The number of halogens is 1. The Balaban J connectivity index is 1.55. The number of imidazole rings is 1. The number of aliphatic hydroxyl groups excluding tert-OH is 2. The van der Waals surface area contributed by atoms with E-state index in [4.69, 9.17) is 10.5 Å². The standard InChI is InChI=1S/C22H23FN8O5/c1-3-25-20(34)17-15(32)16(33)22(36-17)31-10-27-14-18(24)28-13(29-19(14)31)5-4-8-30(2)21(35)11-6-7-12(23)26-9-11/h6-7,9-10,15-17,22,32-33H,3,8H2,1-2H3,(H,25,34)(H2,24,28,29)/t15-,16?,17-,22+/m0/s1. The Kier molecular flexibility index (Phi) is 7.06. The number of nitrogens with two attached hydrogens (primary N) is 1. The van der Waals surface area contributed by atoms with Crippen molar-refractivity contribution >= 4 is 28.8 Å². The molecular weight excluding hydrogens is 475 g/mol. The number of hydrogen-bond acceptors (Lipinski definition) is 10. The van der Waals surface area contributed by atoms with E-state index in [1.807, 2.05) is 0 Å². The number of rotatable bonds is 5. The van der Waals surface area contributed by atoms with Crippen molar-refractivity contribution in [1.29, 1.82) is 0 Å². The molecule has 4 heterocycles. The molecule has 14 heteroatoms. The van der Waals surface area contributed by atoms with Gasteiger partial charge >= 0.3 is 0 Å². The van der Waals surface area contributed by atoms with Gasteiger partial charge in [0, 0.05) is 19.8 Å². The zero-order chi connectivity index (χ0) is 26.0. The third-order valence-electron chi connectivity index (χ3n) is 5.41. The summed E-state index contributed by atoms with van der Waals surface area (Å²) in [6.45, 7) is 2.04. The summed E-state index contributed by atoms with van der Waals surface area (Å²) in [5.41, 5.74) is 6.58. The van der Waals surface area contributed by atoms with Crippen LogP contribution in [-0.2, 0) is 9.53 Å². The van der Waals surface area contributed by atoms with Crippen molar-refractivity contribution in [2.45, 2.75) is 31.5 Å². The fourth-order valence-corrected chi connectivity index (χ4v) is 3.59. The largest absolute Gasteiger partial charge is 0.387 e. The molecule has 0 aliphatic carbocycles. The van der Waals surface area contributed by atoms with Crippen LogP contribution in [0.1, 0.15) is 29.3 Å². The van der Waals surface area contributed by atoms with Crippen LogP contribution < -0.4 is 11.1 Å². The van der Waals surface area contributed by atoms with E-state index in [-0.39, 0.29) is 34.9 Å². The number of nitrogens with zero attached hydrogens (tertiary/aromatic N) is 6. The minimum atomic E-state index is -1.47. The summed E-state index contributed by atoms with van der Waals surface area (Å²) in [5.74, 6) is 3.85. The summed E-state index contributed by atoms with van der Waals surface area (Å²) in [5, 5.41) is 23.4. The minimum absolute atomic E-state index is 0.00162. The van der Waals surface area contributed by atoms with Crippen molar-refractivity contribution < 1.29 is 28.9 Å². The number of nitrogen functional groups attached to an aromatic ring is 1. The van der Waals surface area contributed by atoms with Gasteiger partial charge in [-0.1, -0.05) is 5.92 Å². The van der Waals surface area contributed by atoms with E-state index in [1.165, 1.54) is 28.9 Å². The number of fused-ring (bicyclic) bond motifs is 1. The van der Waals surface area contributed by atoms with Crippen LogP contribution in [0.15, 0.2) is 24.7 Å². The lowest BCUT2D eigenvalue weighted by Gasteiger charge is -2.16. The summed E-state index contributed by atoms with van der Waals surface area (Å²) in [4.78, 5) is 41.9. The Morgan fingerprint density at radius 2 is 2.06 bits per heavy atom. The first kappa shape index (κ1) is 24.9. The molecule has 1 saturated heterocycles. The molecule has 0 aromatic carbocycles. The molecule has 13 nitrogen and oxygen atoms in total. The number of aromatic nitrogens is 5. The van der Waals surface area contributed by atoms with Gasteiger partial charge in [0.05, 0.1) is 18.4 Å². The van der Waals surface area contributed by atoms with Crippen LogP contribution in [0, 0.1) is 17.8 Å². The van der Waals surface area contributed by atoms with Gasteiger partial charge in [0.2, 0.25) is 11.8 Å². The lowest BCUT2D eigenvalue weighted by atomic mass is 10.1. The first-order valence-corrected chi connectivity index (χ1v) is 10.9. The summed E-state index contributed by atoms with van der Waals surface area (Å²) in [6.07, 6.45) is -2.93.